The lowest BCUT2D eigenvalue weighted by Crippen LogP contribution is -2.42. The van der Waals surface area contributed by atoms with E-state index >= 15 is 0 Å². The molecule has 0 radical (unpaired) electrons. The lowest BCUT2D eigenvalue weighted by Gasteiger charge is -2.40. The molecular formula is C13H21N3OS. The van der Waals surface area contributed by atoms with Crippen LogP contribution >= 0.6 is 11.3 Å². The smallest absolute Gasteiger partial charge is 0.221 e. The molecule has 0 aliphatic heterocycles. The number of hydrogen-bond acceptors (Lipinski definition) is 4. The number of carbonyl (C=O) groups excluding carboxylic acids is 1. The number of nitrogens with two attached hydrogens (primary N) is 1. The Bertz CT molecular complexity index is 420. The van der Waals surface area contributed by atoms with Crippen LogP contribution in [0.5, 0.6) is 0 Å². The summed E-state index contributed by atoms with van der Waals surface area (Å²) in [6.07, 6.45) is 3.92. The number of rotatable bonds is 5. The Balaban J connectivity index is 1.87. The number of thiazole rings is 1. The highest BCUT2D eigenvalue weighted by Gasteiger charge is 2.37. The highest BCUT2D eigenvalue weighted by atomic mass is 32.1. The Morgan fingerprint density at radius 1 is 1.67 bits per heavy atom. The average Bonchev–Trinajstić information content (AvgIpc) is 2.70. The van der Waals surface area contributed by atoms with E-state index < -0.39 is 0 Å². The fourth-order valence-corrected chi connectivity index (χ4v) is 3.20. The molecular weight excluding hydrogens is 246 g/mol. The zero-order valence-corrected chi connectivity index (χ0v) is 11.8. The molecule has 1 saturated carbocycles. The molecule has 0 aromatic carbocycles. The van der Waals surface area contributed by atoms with Gasteiger partial charge in [0, 0.05) is 17.5 Å². The Morgan fingerprint density at radius 2 is 2.39 bits per heavy atom. The van der Waals surface area contributed by atoms with Gasteiger partial charge in [-0.25, -0.2) is 4.98 Å². The van der Waals surface area contributed by atoms with Gasteiger partial charge in [0.05, 0.1) is 6.04 Å². The Hall–Kier alpha value is -0.940. The predicted octanol–water partition coefficient (Wildman–Crippen LogP) is 2.15. The molecule has 0 bridgehead atoms. The molecule has 0 spiro atoms. The summed E-state index contributed by atoms with van der Waals surface area (Å²) >= 11 is 1.59. The Morgan fingerprint density at radius 3 is 2.83 bits per heavy atom. The van der Waals surface area contributed by atoms with Gasteiger partial charge in [-0.3, -0.25) is 4.79 Å². The van der Waals surface area contributed by atoms with Crippen molar-refractivity contribution in [2.75, 3.05) is 6.54 Å². The fourth-order valence-electron chi connectivity index (χ4n) is 2.40. The molecule has 1 atom stereocenters. The normalized spacial score (nSPS) is 19.1. The molecule has 1 aromatic heterocycles. The molecule has 2 rings (SSSR count). The van der Waals surface area contributed by atoms with E-state index in [0.717, 1.165) is 23.5 Å². The van der Waals surface area contributed by atoms with Crippen LogP contribution in [-0.4, -0.2) is 17.4 Å². The topological polar surface area (TPSA) is 68.0 Å². The van der Waals surface area contributed by atoms with Crippen LogP contribution in [0.3, 0.4) is 0 Å². The van der Waals surface area contributed by atoms with Gasteiger partial charge < -0.3 is 11.1 Å². The number of hydrogen-bond donors (Lipinski definition) is 2. The summed E-state index contributed by atoms with van der Waals surface area (Å²) in [4.78, 5) is 16.4. The molecule has 1 amide bonds. The SMILES string of the molecule is Cc1csc(C(C)NC(=O)CC2(CN)CCC2)n1. The second-order valence-corrected chi connectivity index (χ2v) is 6.24. The molecule has 5 heteroatoms. The van der Waals surface area contributed by atoms with Gasteiger partial charge in [0.1, 0.15) is 5.01 Å². The molecule has 1 aromatic rings. The van der Waals surface area contributed by atoms with Gasteiger partial charge >= 0.3 is 0 Å². The van der Waals surface area contributed by atoms with Gasteiger partial charge in [-0.1, -0.05) is 6.42 Å². The van der Waals surface area contributed by atoms with Crippen molar-refractivity contribution in [3.05, 3.63) is 16.1 Å². The number of amides is 1. The summed E-state index contributed by atoms with van der Waals surface area (Å²) in [5.41, 5.74) is 6.85. The highest BCUT2D eigenvalue weighted by Crippen LogP contribution is 2.42. The molecule has 18 heavy (non-hydrogen) atoms. The van der Waals surface area contributed by atoms with E-state index in [9.17, 15) is 4.79 Å². The maximum absolute atomic E-state index is 12.0. The maximum Gasteiger partial charge on any atom is 0.221 e. The van der Waals surface area contributed by atoms with Crippen molar-refractivity contribution in [3.63, 3.8) is 0 Å². The van der Waals surface area contributed by atoms with Crippen LogP contribution in [0.2, 0.25) is 0 Å². The van der Waals surface area contributed by atoms with E-state index in [-0.39, 0.29) is 17.4 Å². The van der Waals surface area contributed by atoms with Crippen molar-refractivity contribution in [1.29, 1.82) is 0 Å². The van der Waals surface area contributed by atoms with E-state index in [1.165, 1.54) is 6.42 Å². The number of carbonyl (C=O) groups is 1. The fraction of sp³-hybridized carbons (Fsp3) is 0.692. The van der Waals surface area contributed by atoms with E-state index in [0.29, 0.717) is 13.0 Å². The first-order valence-electron chi connectivity index (χ1n) is 6.46. The highest BCUT2D eigenvalue weighted by molar-refractivity contribution is 7.09. The van der Waals surface area contributed by atoms with Crippen molar-refractivity contribution in [2.45, 2.75) is 45.6 Å². The third-order valence-corrected chi connectivity index (χ3v) is 4.91. The van der Waals surface area contributed by atoms with Crippen LogP contribution in [-0.2, 0) is 4.79 Å². The molecule has 1 heterocycles. The molecule has 3 N–H and O–H groups in total. The largest absolute Gasteiger partial charge is 0.347 e. The van der Waals surface area contributed by atoms with Crippen molar-refractivity contribution < 1.29 is 4.79 Å². The van der Waals surface area contributed by atoms with Gasteiger partial charge in [-0.05, 0) is 38.6 Å². The first kappa shape index (κ1) is 13.5. The van der Waals surface area contributed by atoms with Crippen LogP contribution < -0.4 is 11.1 Å². The summed E-state index contributed by atoms with van der Waals surface area (Å²) < 4.78 is 0. The average molecular weight is 267 g/mol. The summed E-state index contributed by atoms with van der Waals surface area (Å²) in [7, 11) is 0. The van der Waals surface area contributed by atoms with Gasteiger partial charge in [0.2, 0.25) is 5.91 Å². The van der Waals surface area contributed by atoms with E-state index in [1.807, 2.05) is 19.2 Å². The van der Waals surface area contributed by atoms with Crippen molar-refractivity contribution in [2.24, 2.45) is 11.1 Å². The first-order valence-corrected chi connectivity index (χ1v) is 7.34. The summed E-state index contributed by atoms with van der Waals surface area (Å²) in [5, 5.41) is 6.00. The standard InChI is InChI=1S/C13H21N3OS/c1-9-7-18-12(15-9)10(2)16-11(17)6-13(8-14)4-3-5-13/h7,10H,3-6,8,14H2,1-2H3,(H,16,17). The molecule has 1 aliphatic carbocycles. The minimum Gasteiger partial charge on any atom is -0.347 e. The molecule has 4 nitrogen and oxygen atoms in total. The van der Waals surface area contributed by atoms with Crippen molar-refractivity contribution >= 4 is 17.2 Å². The maximum atomic E-state index is 12.0. The zero-order chi connectivity index (χ0) is 13.2. The third kappa shape index (κ3) is 2.90. The predicted molar refractivity (Wildman–Crippen MR) is 73.4 cm³/mol. The minimum absolute atomic E-state index is 0.00824. The summed E-state index contributed by atoms with van der Waals surface area (Å²) in [6.45, 7) is 4.56. The van der Waals surface area contributed by atoms with Gasteiger partial charge in [0.15, 0.2) is 0 Å². The minimum atomic E-state index is -0.00824. The van der Waals surface area contributed by atoms with Crippen LogP contribution in [0, 0.1) is 12.3 Å². The zero-order valence-electron chi connectivity index (χ0n) is 11.0. The monoisotopic (exact) mass is 267 g/mol. The summed E-state index contributed by atoms with van der Waals surface area (Å²) in [5.74, 6) is 0.0977. The van der Waals surface area contributed by atoms with Crippen LogP contribution in [0.25, 0.3) is 0 Å². The molecule has 0 saturated heterocycles. The third-order valence-electron chi connectivity index (χ3n) is 3.77. The lowest BCUT2D eigenvalue weighted by atomic mass is 9.66. The second-order valence-electron chi connectivity index (χ2n) is 5.35. The van der Waals surface area contributed by atoms with E-state index in [2.05, 4.69) is 10.3 Å². The number of aryl methyl sites for hydroxylation is 1. The molecule has 1 aliphatic rings. The molecule has 1 unspecified atom stereocenters. The van der Waals surface area contributed by atoms with Gasteiger partial charge in [0.25, 0.3) is 0 Å². The Kier molecular flexibility index (Phi) is 4.02. The first-order chi connectivity index (χ1) is 8.54. The van der Waals surface area contributed by atoms with Crippen LogP contribution in [0.4, 0.5) is 0 Å². The van der Waals surface area contributed by atoms with Crippen molar-refractivity contribution in [1.82, 2.24) is 10.3 Å². The van der Waals surface area contributed by atoms with Crippen LogP contribution in [0.15, 0.2) is 5.38 Å². The lowest BCUT2D eigenvalue weighted by molar-refractivity contribution is -0.125. The number of nitrogens with zero attached hydrogens (tertiary/aromatic N) is 1. The van der Waals surface area contributed by atoms with Gasteiger partial charge in [-0.15, -0.1) is 11.3 Å². The molecule has 100 valence electrons. The van der Waals surface area contributed by atoms with Crippen LogP contribution in [0.1, 0.15) is 49.4 Å². The van der Waals surface area contributed by atoms with E-state index in [1.54, 1.807) is 11.3 Å². The number of aromatic nitrogens is 1. The van der Waals surface area contributed by atoms with E-state index in [4.69, 9.17) is 5.73 Å². The molecule has 1 fully saturated rings. The summed E-state index contributed by atoms with van der Waals surface area (Å²) in [6, 6.07) is -0.00824. The van der Waals surface area contributed by atoms with Gasteiger partial charge in [-0.2, -0.15) is 0 Å². The second kappa shape index (κ2) is 5.36. The number of nitrogens with one attached hydrogen (secondary N) is 1. The Labute approximate surface area is 112 Å². The van der Waals surface area contributed by atoms with Crippen molar-refractivity contribution in [3.8, 4) is 0 Å². The quantitative estimate of drug-likeness (QED) is 0.859.